The van der Waals surface area contributed by atoms with Gasteiger partial charge in [0.2, 0.25) is 10.0 Å². The summed E-state index contributed by atoms with van der Waals surface area (Å²) in [5, 5.41) is 3.68. The summed E-state index contributed by atoms with van der Waals surface area (Å²) in [7, 11) is -3.10. The van der Waals surface area contributed by atoms with Crippen LogP contribution >= 0.6 is 11.6 Å². The molecule has 1 aromatic carbocycles. The summed E-state index contributed by atoms with van der Waals surface area (Å²) in [5.74, 6) is -0.107. The average Bonchev–Trinajstić information content (AvgIpc) is 2.47. The van der Waals surface area contributed by atoms with E-state index < -0.39 is 10.0 Å². The Hall–Kier alpha value is -0.690. The standard InChI is InChI=1S/C15H22ClFN2O2S/c1-2-9-22(20,21)19-7-5-14(6-8-19)18-11-12-3-4-13(16)10-15(12)17/h3-4,10,14,18H,2,5-9,11H2,1H3. The van der Waals surface area contributed by atoms with Crippen LogP contribution < -0.4 is 5.32 Å². The van der Waals surface area contributed by atoms with Crippen molar-refractivity contribution in [2.45, 2.75) is 38.8 Å². The largest absolute Gasteiger partial charge is 0.310 e. The summed E-state index contributed by atoms with van der Waals surface area (Å²) < 4.78 is 39.2. The molecule has 0 amide bonds. The summed E-state index contributed by atoms with van der Waals surface area (Å²) >= 11 is 5.73. The van der Waals surface area contributed by atoms with Crippen molar-refractivity contribution in [3.63, 3.8) is 0 Å². The average molecular weight is 349 g/mol. The zero-order chi connectivity index (χ0) is 16.2. The van der Waals surface area contributed by atoms with Gasteiger partial charge < -0.3 is 5.32 Å². The van der Waals surface area contributed by atoms with E-state index in [9.17, 15) is 12.8 Å². The van der Waals surface area contributed by atoms with E-state index in [1.54, 1.807) is 16.4 Å². The fourth-order valence-electron chi connectivity index (χ4n) is 2.64. The Morgan fingerprint density at radius 3 is 2.64 bits per heavy atom. The van der Waals surface area contributed by atoms with E-state index in [0.717, 1.165) is 12.8 Å². The van der Waals surface area contributed by atoms with E-state index in [-0.39, 0.29) is 17.6 Å². The number of piperidine rings is 1. The lowest BCUT2D eigenvalue weighted by molar-refractivity contribution is 0.288. The molecular weight excluding hydrogens is 327 g/mol. The lowest BCUT2D eigenvalue weighted by atomic mass is 10.1. The fraction of sp³-hybridized carbons (Fsp3) is 0.600. The van der Waals surface area contributed by atoms with Crippen molar-refractivity contribution < 1.29 is 12.8 Å². The number of nitrogens with zero attached hydrogens (tertiary/aromatic N) is 1. The summed E-state index contributed by atoms with van der Waals surface area (Å²) in [6.45, 7) is 3.36. The van der Waals surface area contributed by atoms with Crippen LogP contribution in [0.1, 0.15) is 31.7 Å². The van der Waals surface area contributed by atoms with Gasteiger partial charge in [0.05, 0.1) is 5.75 Å². The lowest BCUT2D eigenvalue weighted by Gasteiger charge is -2.31. The fourth-order valence-corrected chi connectivity index (χ4v) is 4.34. The molecule has 1 aliphatic heterocycles. The highest BCUT2D eigenvalue weighted by Crippen LogP contribution is 2.17. The maximum absolute atomic E-state index is 13.7. The minimum atomic E-state index is -3.10. The predicted molar refractivity (Wildman–Crippen MR) is 86.9 cm³/mol. The van der Waals surface area contributed by atoms with Crippen LogP contribution in [0.2, 0.25) is 5.02 Å². The van der Waals surface area contributed by atoms with Crippen LogP contribution in [0, 0.1) is 5.82 Å². The molecule has 0 aromatic heterocycles. The van der Waals surface area contributed by atoms with E-state index in [4.69, 9.17) is 11.6 Å². The monoisotopic (exact) mass is 348 g/mol. The summed E-state index contributed by atoms with van der Waals surface area (Å²) in [4.78, 5) is 0. The van der Waals surface area contributed by atoms with Gasteiger partial charge in [-0.15, -0.1) is 0 Å². The zero-order valence-corrected chi connectivity index (χ0v) is 14.3. The number of benzene rings is 1. The molecule has 124 valence electrons. The Kier molecular flexibility index (Phi) is 6.20. The van der Waals surface area contributed by atoms with Gasteiger partial charge in [-0.25, -0.2) is 17.1 Å². The normalized spacial score (nSPS) is 17.8. The quantitative estimate of drug-likeness (QED) is 0.860. The van der Waals surface area contributed by atoms with Crippen LogP contribution in [0.15, 0.2) is 18.2 Å². The van der Waals surface area contributed by atoms with Crippen LogP contribution in [0.5, 0.6) is 0 Å². The van der Waals surface area contributed by atoms with Gasteiger partial charge in [0.1, 0.15) is 5.82 Å². The maximum atomic E-state index is 13.7. The first-order chi connectivity index (χ1) is 10.4. The van der Waals surface area contributed by atoms with Crippen molar-refractivity contribution in [3.8, 4) is 0 Å². The molecule has 1 saturated heterocycles. The Morgan fingerprint density at radius 1 is 1.36 bits per heavy atom. The van der Waals surface area contributed by atoms with E-state index in [0.29, 0.717) is 36.6 Å². The van der Waals surface area contributed by atoms with Crippen molar-refractivity contribution in [3.05, 3.63) is 34.6 Å². The molecule has 1 N–H and O–H groups in total. The molecule has 0 saturated carbocycles. The Bertz CT molecular complexity index is 602. The first-order valence-corrected chi connectivity index (χ1v) is 9.56. The zero-order valence-electron chi connectivity index (χ0n) is 12.7. The Morgan fingerprint density at radius 2 is 2.05 bits per heavy atom. The minimum absolute atomic E-state index is 0.209. The molecule has 4 nitrogen and oxygen atoms in total. The van der Waals surface area contributed by atoms with Gasteiger partial charge in [-0.3, -0.25) is 0 Å². The second-order valence-electron chi connectivity index (χ2n) is 5.61. The highest BCUT2D eigenvalue weighted by Gasteiger charge is 2.27. The number of hydrogen-bond donors (Lipinski definition) is 1. The van der Waals surface area contributed by atoms with Gasteiger partial charge in [0.25, 0.3) is 0 Å². The number of nitrogens with one attached hydrogen (secondary N) is 1. The van der Waals surface area contributed by atoms with E-state index in [2.05, 4.69) is 5.32 Å². The highest BCUT2D eigenvalue weighted by atomic mass is 35.5. The molecule has 0 radical (unpaired) electrons. The number of rotatable bonds is 6. The molecule has 0 unspecified atom stereocenters. The van der Waals surface area contributed by atoms with Crippen molar-refractivity contribution in [2.75, 3.05) is 18.8 Å². The van der Waals surface area contributed by atoms with Gasteiger partial charge in [-0.2, -0.15) is 0 Å². The first-order valence-electron chi connectivity index (χ1n) is 7.57. The molecule has 1 heterocycles. The van der Waals surface area contributed by atoms with Crippen LogP contribution in [-0.2, 0) is 16.6 Å². The van der Waals surface area contributed by atoms with Gasteiger partial charge >= 0.3 is 0 Å². The molecule has 0 atom stereocenters. The lowest BCUT2D eigenvalue weighted by Crippen LogP contribution is -2.45. The molecule has 0 spiro atoms. The van der Waals surface area contributed by atoms with Gasteiger partial charge in [-0.05, 0) is 31.4 Å². The minimum Gasteiger partial charge on any atom is -0.310 e. The molecule has 0 bridgehead atoms. The van der Waals surface area contributed by atoms with Crippen molar-refractivity contribution >= 4 is 21.6 Å². The summed E-state index contributed by atoms with van der Waals surface area (Å²) in [6.07, 6.45) is 2.13. The third-order valence-corrected chi connectivity index (χ3v) is 6.22. The second kappa shape index (κ2) is 7.73. The first kappa shape index (κ1) is 17.7. The van der Waals surface area contributed by atoms with Crippen LogP contribution in [0.4, 0.5) is 4.39 Å². The van der Waals surface area contributed by atoms with Crippen LogP contribution in [0.3, 0.4) is 0 Å². The topological polar surface area (TPSA) is 49.4 Å². The third kappa shape index (κ3) is 4.65. The molecule has 22 heavy (non-hydrogen) atoms. The van der Waals surface area contributed by atoms with Gasteiger partial charge in [0.15, 0.2) is 0 Å². The molecule has 1 fully saturated rings. The molecule has 1 aromatic rings. The predicted octanol–water partition coefficient (Wildman–Crippen LogP) is 2.77. The number of sulfonamides is 1. The molecule has 2 rings (SSSR count). The van der Waals surface area contributed by atoms with Gasteiger partial charge in [-0.1, -0.05) is 24.6 Å². The van der Waals surface area contributed by atoms with Crippen molar-refractivity contribution in [1.82, 2.24) is 9.62 Å². The summed E-state index contributed by atoms with van der Waals surface area (Å²) in [5.41, 5.74) is 0.574. The third-order valence-electron chi connectivity index (χ3n) is 3.91. The SMILES string of the molecule is CCCS(=O)(=O)N1CCC(NCc2ccc(Cl)cc2F)CC1. The van der Waals surface area contributed by atoms with Crippen molar-refractivity contribution in [1.29, 1.82) is 0 Å². The smallest absolute Gasteiger partial charge is 0.214 e. The molecular formula is C15H22ClFN2O2S. The number of hydrogen-bond acceptors (Lipinski definition) is 3. The molecule has 0 aliphatic carbocycles. The summed E-state index contributed by atoms with van der Waals surface area (Å²) in [6, 6.07) is 4.86. The van der Waals surface area contributed by atoms with E-state index >= 15 is 0 Å². The van der Waals surface area contributed by atoms with E-state index in [1.165, 1.54) is 6.07 Å². The molecule has 7 heteroatoms. The van der Waals surface area contributed by atoms with Gasteiger partial charge in [0, 0.05) is 36.3 Å². The highest BCUT2D eigenvalue weighted by molar-refractivity contribution is 7.89. The second-order valence-corrected chi connectivity index (χ2v) is 8.13. The number of halogens is 2. The van der Waals surface area contributed by atoms with Crippen molar-refractivity contribution in [2.24, 2.45) is 0 Å². The Labute approximate surface area is 136 Å². The maximum Gasteiger partial charge on any atom is 0.214 e. The van der Waals surface area contributed by atoms with Crippen LogP contribution in [0.25, 0.3) is 0 Å². The Balaban J connectivity index is 1.83. The van der Waals surface area contributed by atoms with E-state index in [1.807, 2.05) is 6.92 Å². The van der Waals surface area contributed by atoms with Crippen LogP contribution in [-0.4, -0.2) is 37.6 Å². The molecule has 1 aliphatic rings.